The van der Waals surface area contributed by atoms with Crippen molar-refractivity contribution >= 4 is 0 Å². The zero-order chi connectivity index (χ0) is 13.7. The van der Waals surface area contributed by atoms with E-state index in [1.54, 1.807) is 7.11 Å². The third-order valence-corrected chi connectivity index (χ3v) is 4.09. The highest BCUT2D eigenvalue weighted by Gasteiger charge is 2.28. The number of benzene rings is 1. The minimum absolute atomic E-state index is 0.306. The number of methoxy groups -OCH3 is 1. The molecular formula is C16H25NO2. The quantitative estimate of drug-likeness (QED) is 0.888. The van der Waals surface area contributed by atoms with Crippen LogP contribution in [0.15, 0.2) is 24.3 Å². The highest BCUT2D eigenvalue weighted by molar-refractivity contribution is 5.27. The standard InChI is InChI=1S/C16H25NO2/c1-12-6-7-14(10-17)16(8-12)19-11-13-4-3-5-15(9-13)18-2/h3-5,9,12,14,16H,6-8,10-11,17H2,1-2H3. The van der Waals surface area contributed by atoms with Crippen LogP contribution in [0, 0.1) is 11.8 Å². The zero-order valence-electron chi connectivity index (χ0n) is 12.0. The Labute approximate surface area is 116 Å². The van der Waals surface area contributed by atoms with E-state index in [9.17, 15) is 0 Å². The Morgan fingerprint density at radius 1 is 1.32 bits per heavy atom. The van der Waals surface area contributed by atoms with Gasteiger partial charge in [-0.05, 0) is 48.9 Å². The molecule has 3 atom stereocenters. The van der Waals surface area contributed by atoms with Gasteiger partial charge in [0.1, 0.15) is 5.75 Å². The molecule has 1 fully saturated rings. The Kier molecular flexibility index (Phi) is 5.23. The van der Waals surface area contributed by atoms with E-state index in [1.807, 2.05) is 18.2 Å². The number of hydrogen-bond donors (Lipinski definition) is 1. The van der Waals surface area contributed by atoms with Crippen molar-refractivity contribution < 1.29 is 9.47 Å². The molecule has 0 spiro atoms. The summed E-state index contributed by atoms with van der Waals surface area (Å²) in [6, 6.07) is 8.06. The SMILES string of the molecule is COc1cccc(COC2CC(C)CCC2CN)c1. The lowest BCUT2D eigenvalue weighted by Gasteiger charge is -2.34. The van der Waals surface area contributed by atoms with Crippen molar-refractivity contribution in [2.45, 2.75) is 38.9 Å². The van der Waals surface area contributed by atoms with Gasteiger partial charge in [-0.1, -0.05) is 25.5 Å². The van der Waals surface area contributed by atoms with E-state index in [4.69, 9.17) is 15.2 Å². The molecule has 0 heterocycles. The Hall–Kier alpha value is -1.06. The van der Waals surface area contributed by atoms with E-state index in [-0.39, 0.29) is 0 Å². The van der Waals surface area contributed by atoms with Gasteiger partial charge < -0.3 is 15.2 Å². The second-order valence-electron chi connectivity index (χ2n) is 5.61. The van der Waals surface area contributed by atoms with Crippen LogP contribution in [0.25, 0.3) is 0 Å². The first-order valence-corrected chi connectivity index (χ1v) is 7.17. The van der Waals surface area contributed by atoms with Crippen molar-refractivity contribution in [2.24, 2.45) is 17.6 Å². The van der Waals surface area contributed by atoms with Crippen molar-refractivity contribution in [3.63, 3.8) is 0 Å². The van der Waals surface area contributed by atoms with Gasteiger partial charge in [0.05, 0.1) is 19.8 Å². The first-order chi connectivity index (χ1) is 9.22. The van der Waals surface area contributed by atoms with Crippen molar-refractivity contribution in [3.8, 4) is 5.75 Å². The number of nitrogens with two attached hydrogens (primary N) is 1. The van der Waals surface area contributed by atoms with Gasteiger partial charge in [0.15, 0.2) is 0 Å². The van der Waals surface area contributed by atoms with Gasteiger partial charge >= 0.3 is 0 Å². The monoisotopic (exact) mass is 263 g/mol. The van der Waals surface area contributed by atoms with Gasteiger partial charge in [-0.2, -0.15) is 0 Å². The van der Waals surface area contributed by atoms with Gasteiger partial charge in [0.25, 0.3) is 0 Å². The summed E-state index contributed by atoms with van der Waals surface area (Å²) < 4.78 is 11.3. The largest absolute Gasteiger partial charge is 0.497 e. The van der Waals surface area contributed by atoms with Crippen LogP contribution < -0.4 is 10.5 Å². The normalized spacial score (nSPS) is 27.2. The summed E-state index contributed by atoms with van der Waals surface area (Å²) in [6.07, 6.45) is 3.91. The van der Waals surface area contributed by atoms with Crippen LogP contribution in [0.4, 0.5) is 0 Å². The minimum atomic E-state index is 0.306. The minimum Gasteiger partial charge on any atom is -0.497 e. The Bertz CT molecular complexity index is 394. The Morgan fingerprint density at radius 3 is 2.89 bits per heavy atom. The molecule has 0 bridgehead atoms. The summed E-state index contributed by atoms with van der Waals surface area (Å²) in [5.41, 5.74) is 7.01. The van der Waals surface area contributed by atoms with E-state index < -0.39 is 0 Å². The molecule has 0 aliphatic heterocycles. The molecule has 1 aromatic carbocycles. The molecule has 3 unspecified atom stereocenters. The maximum atomic E-state index is 6.11. The summed E-state index contributed by atoms with van der Waals surface area (Å²) >= 11 is 0. The lowest BCUT2D eigenvalue weighted by molar-refractivity contribution is -0.0306. The average Bonchev–Trinajstić information content (AvgIpc) is 2.45. The lowest BCUT2D eigenvalue weighted by Crippen LogP contribution is -2.35. The van der Waals surface area contributed by atoms with E-state index in [0.717, 1.165) is 30.2 Å². The second-order valence-corrected chi connectivity index (χ2v) is 5.61. The van der Waals surface area contributed by atoms with Crippen LogP contribution in [0.1, 0.15) is 31.7 Å². The first-order valence-electron chi connectivity index (χ1n) is 7.17. The van der Waals surface area contributed by atoms with Crippen molar-refractivity contribution in [3.05, 3.63) is 29.8 Å². The number of ether oxygens (including phenoxy) is 2. The third-order valence-electron chi connectivity index (χ3n) is 4.09. The predicted molar refractivity (Wildman–Crippen MR) is 77.1 cm³/mol. The average molecular weight is 263 g/mol. The summed E-state index contributed by atoms with van der Waals surface area (Å²) in [6.45, 7) is 3.68. The molecule has 1 saturated carbocycles. The zero-order valence-corrected chi connectivity index (χ0v) is 12.0. The van der Waals surface area contributed by atoms with Gasteiger partial charge in [0, 0.05) is 0 Å². The smallest absolute Gasteiger partial charge is 0.119 e. The number of rotatable bonds is 5. The maximum Gasteiger partial charge on any atom is 0.119 e. The summed E-state index contributed by atoms with van der Waals surface area (Å²) in [5.74, 6) is 2.15. The molecule has 0 radical (unpaired) electrons. The molecule has 0 amide bonds. The molecule has 1 aromatic rings. The van der Waals surface area contributed by atoms with E-state index >= 15 is 0 Å². The molecule has 2 N–H and O–H groups in total. The molecule has 1 aliphatic carbocycles. The lowest BCUT2D eigenvalue weighted by atomic mass is 9.80. The van der Waals surface area contributed by atoms with Crippen LogP contribution in [0.3, 0.4) is 0 Å². The van der Waals surface area contributed by atoms with E-state index in [1.165, 1.54) is 12.8 Å². The van der Waals surface area contributed by atoms with Crippen molar-refractivity contribution in [1.29, 1.82) is 0 Å². The molecule has 3 nitrogen and oxygen atoms in total. The second kappa shape index (κ2) is 6.92. The molecule has 0 aromatic heterocycles. The fourth-order valence-corrected chi connectivity index (χ4v) is 2.83. The highest BCUT2D eigenvalue weighted by Crippen LogP contribution is 2.31. The van der Waals surface area contributed by atoms with Crippen molar-refractivity contribution in [2.75, 3.05) is 13.7 Å². The third kappa shape index (κ3) is 3.95. The van der Waals surface area contributed by atoms with Crippen LogP contribution >= 0.6 is 0 Å². The van der Waals surface area contributed by atoms with Crippen LogP contribution in [-0.4, -0.2) is 19.8 Å². The number of hydrogen-bond acceptors (Lipinski definition) is 3. The van der Waals surface area contributed by atoms with Gasteiger partial charge in [-0.15, -0.1) is 0 Å². The molecule has 3 heteroatoms. The summed E-state index contributed by atoms with van der Waals surface area (Å²) in [5, 5.41) is 0. The molecular weight excluding hydrogens is 238 g/mol. The first kappa shape index (κ1) is 14.4. The maximum absolute atomic E-state index is 6.11. The van der Waals surface area contributed by atoms with E-state index in [0.29, 0.717) is 18.6 Å². The van der Waals surface area contributed by atoms with Crippen molar-refractivity contribution in [1.82, 2.24) is 0 Å². The molecule has 1 aliphatic rings. The molecule has 0 saturated heterocycles. The van der Waals surface area contributed by atoms with Crippen LogP contribution in [0.5, 0.6) is 5.75 Å². The fraction of sp³-hybridized carbons (Fsp3) is 0.625. The molecule has 106 valence electrons. The molecule has 19 heavy (non-hydrogen) atoms. The van der Waals surface area contributed by atoms with E-state index in [2.05, 4.69) is 13.0 Å². The summed E-state index contributed by atoms with van der Waals surface area (Å²) in [7, 11) is 1.69. The van der Waals surface area contributed by atoms with Gasteiger partial charge in [-0.25, -0.2) is 0 Å². The van der Waals surface area contributed by atoms with Gasteiger partial charge in [0.2, 0.25) is 0 Å². The topological polar surface area (TPSA) is 44.5 Å². The highest BCUT2D eigenvalue weighted by atomic mass is 16.5. The molecule has 2 rings (SSSR count). The van der Waals surface area contributed by atoms with Crippen LogP contribution in [0.2, 0.25) is 0 Å². The van der Waals surface area contributed by atoms with Gasteiger partial charge in [-0.3, -0.25) is 0 Å². The Morgan fingerprint density at radius 2 is 2.16 bits per heavy atom. The fourth-order valence-electron chi connectivity index (χ4n) is 2.83. The summed E-state index contributed by atoms with van der Waals surface area (Å²) in [4.78, 5) is 0. The predicted octanol–water partition coefficient (Wildman–Crippen LogP) is 2.98. The van der Waals surface area contributed by atoms with Crippen LogP contribution in [-0.2, 0) is 11.3 Å². The Balaban J connectivity index is 1.92.